The van der Waals surface area contributed by atoms with Gasteiger partial charge < -0.3 is 4.85 Å². The van der Waals surface area contributed by atoms with Gasteiger partial charge in [0.2, 0.25) is 0 Å². The van der Waals surface area contributed by atoms with Gasteiger partial charge >= 0.3 is 0 Å². The minimum Gasteiger partial charge on any atom is -0.309 e. The van der Waals surface area contributed by atoms with Crippen molar-refractivity contribution in [2.45, 2.75) is 13.0 Å². The second kappa shape index (κ2) is 3.31. The van der Waals surface area contributed by atoms with Gasteiger partial charge in [0.1, 0.15) is 17.2 Å². The van der Waals surface area contributed by atoms with Crippen molar-refractivity contribution in [3.63, 3.8) is 0 Å². The standard InChI is InChI=1S/C9H7F2N/c1-6(12-2)9-7(10)4-3-5-8(9)11/h3-6H,1H3. The van der Waals surface area contributed by atoms with Gasteiger partial charge in [-0.1, -0.05) is 6.07 Å². The maximum atomic E-state index is 12.9. The molecule has 1 unspecified atom stereocenters. The molecule has 0 bridgehead atoms. The molecule has 0 spiro atoms. The van der Waals surface area contributed by atoms with Crippen LogP contribution in [0.15, 0.2) is 18.2 Å². The van der Waals surface area contributed by atoms with Crippen LogP contribution >= 0.6 is 0 Å². The number of hydrogen-bond acceptors (Lipinski definition) is 0. The van der Waals surface area contributed by atoms with Crippen molar-refractivity contribution >= 4 is 0 Å². The molecule has 0 radical (unpaired) electrons. The van der Waals surface area contributed by atoms with E-state index in [1.54, 1.807) is 0 Å². The lowest BCUT2D eigenvalue weighted by atomic mass is 10.1. The summed E-state index contributed by atoms with van der Waals surface area (Å²) in [5, 5.41) is 0. The van der Waals surface area contributed by atoms with Crippen molar-refractivity contribution in [3.8, 4) is 0 Å². The van der Waals surface area contributed by atoms with E-state index in [-0.39, 0.29) is 5.56 Å². The molecule has 1 atom stereocenters. The van der Waals surface area contributed by atoms with Crippen molar-refractivity contribution in [2.24, 2.45) is 0 Å². The van der Waals surface area contributed by atoms with Gasteiger partial charge in [0.05, 0.1) is 0 Å². The van der Waals surface area contributed by atoms with Crippen molar-refractivity contribution in [1.29, 1.82) is 0 Å². The summed E-state index contributed by atoms with van der Waals surface area (Å²) in [6, 6.07) is 2.83. The van der Waals surface area contributed by atoms with Crippen LogP contribution in [0.1, 0.15) is 18.5 Å². The monoisotopic (exact) mass is 167 g/mol. The Morgan fingerprint density at radius 2 is 1.83 bits per heavy atom. The van der Waals surface area contributed by atoms with E-state index < -0.39 is 17.7 Å². The van der Waals surface area contributed by atoms with Gasteiger partial charge in [-0.25, -0.2) is 15.4 Å². The highest BCUT2D eigenvalue weighted by Crippen LogP contribution is 2.22. The minimum absolute atomic E-state index is 0.146. The molecule has 62 valence electrons. The smallest absolute Gasteiger partial charge is 0.251 e. The first-order chi connectivity index (χ1) is 5.66. The summed E-state index contributed by atoms with van der Waals surface area (Å²) >= 11 is 0. The molecule has 0 aliphatic rings. The Kier molecular flexibility index (Phi) is 2.39. The molecule has 1 aromatic rings. The van der Waals surface area contributed by atoms with Crippen LogP contribution in [0.25, 0.3) is 4.85 Å². The summed E-state index contributed by atoms with van der Waals surface area (Å²) in [6.07, 6.45) is 0. The lowest BCUT2D eigenvalue weighted by Crippen LogP contribution is -1.96. The zero-order valence-corrected chi connectivity index (χ0v) is 6.51. The van der Waals surface area contributed by atoms with Crippen LogP contribution < -0.4 is 0 Å². The Balaban J connectivity index is 3.23. The third-order valence-electron chi connectivity index (χ3n) is 1.61. The molecule has 12 heavy (non-hydrogen) atoms. The summed E-state index contributed by atoms with van der Waals surface area (Å²) in [5.74, 6) is -1.31. The quantitative estimate of drug-likeness (QED) is 0.566. The zero-order valence-electron chi connectivity index (χ0n) is 6.51. The Labute approximate surface area is 69.5 Å². The van der Waals surface area contributed by atoms with Crippen LogP contribution in [0.2, 0.25) is 0 Å². The first-order valence-corrected chi connectivity index (χ1v) is 3.47. The Morgan fingerprint density at radius 1 is 1.33 bits per heavy atom. The third-order valence-corrected chi connectivity index (χ3v) is 1.61. The number of benzene rings is 1. The Morgan fingerprint density at radius 3 is 2.25 bits per heavy atom. The molecule has 0 amide bonds. The van der Waals surface area contributed by atoms with Gasteiger partial charge in [-0.05, 0) is 12.1 Å². The van der Waals surface area contributed by atoms with Crippen molar-refractivity contribution in [2.75, 3.05) is 0 Å². The second-order valence-corrected chi connectivity index (χ2v) is 2.44. The van der Waals surface area contributed by atoms with Gasteiger partial charge in [-0.3, -0.25) is 0 Å². The summed E-state index contributed by atoms with van der Waals surface area (Å²) in [5.41, 5.74) is -0.146. The molecule has 0 aromatic heterocycles. The maximum Gasteiger partial charge on any atom is 0.251 e. The molecule has 1 rings (SSSR count). The van der Waals surface area contributed by atoms with E-state index in [1.165, 1.54) is 13.0 Å². The van der Waals surface area contributed by atoms with Crippen molar-refractivity contribution < 1.29 is 8.78 Å². The predicted molar refractivity (Wildman–Crippen MR) is 41.4 cm³/mol. The van der Waals surface area contributed by atoms with Gasteiger partial charge in [0.15, 0.2) is 0 Å². The van der Waals surface area contributed by atoms with Gasteiger partial charge in [0.25, 0.3) is 6.04 Å². The molecule has 0 saturated carbocycles. The summed E-state index contributed by atoms with van der Waals surface area (Å²) in [4.78, 5) is 3.05. The van der Waals surface area contributed by atoms with Crippen LogP contribution in [0.5, 0.6) is 0 Å². The normalized spacial score (nSPS) is 12.2. The maximum absolute atomic E-state index is 12.9. The number of halogens is 2. The molecular formula is C9H7F2N. The molecule has 0 aliphatic heterocycles. The van der Waals surface area contributed by atoms with E-state index in [0.29, 0.717) is 0 Å². The number of hydrogen-bond donors (Lipinski definition) is 0. The van der Waals surface area contributed by atoms with E-state index in [0.717, 1.165) is 12.1 Å². The second-order valence-electron chi connectivity index (χ2n) is 2.44. The average Bonchev–Trinajstić information content (AvgIpc) is 2.03. The van der Waals surface area contributed by atoms with E-state index >= 15 is 0 Å². The zero-order chi connectivity index (χ0) is 9.14. The van der Waals surface area contributed by atoms with Crippen molar-refractivity contribution in [1.82, 2.24) is 0 Å². The molecule has 0 aliphatic carbocycles. The van der Waals surface area contributed by atoms with Gasteiger partial charge in [-0.2, -0.15) is 0 Å². The van der Waals surface area contributed by atoms with E-state index in [9.17, 15) is 8.78 Å². The molecule has 0 fully saturated rings. The fourth-order valence-electron chi connectivity index (χ4n) is 0.974. The van der Waals surface area contributed by atoms with Crippen LogP contribution in [0, 0.1) is 18.2 Å². The molecular weight excluding hydrogens is 160 g/mol. The van der Waals surface area contributed by atoms with Gasteiger partial charge in [-0.15, -0.1) is 0 Å². The predicted octanol–water partition coefficient (Wildman–Crippen LogP) is 2.95. The summed E-state index contributed by atoms with van der Waals surface area (Å²) in [6.45, 7) is 8.10. The lowest BCUT2D eigenvalue weighted by molar-refractivity contribution is 0.549. The molecule has 1 aromatic carbocycles. The van der Waals surface area contributed by atoms with Crippen LogP contribution in [0.3, 0.4) is 0 Å². The Hall–Kier alpha value is -1.43. The molecule has 3 heteroatoms. The molecule has 0 N–H and O–H groups in total. The SMILES string of the molecule is [C-]#[N+]C(C)c1c(F)cccc1F. The highest BCUT2D eigenvalue weighted by Gasteiger charge is 2.18. The van der Waals surface area contributed by atoms with Crippen molar-refractivity contribution in [3.05, 3.63) is 46.8 Å². The Bertz CT molecular complexity index is 308. The van der Waals surface area contributed by atoms with Crippen LogP contribution in [-0.2, 0) is 0 Å². The number of nitrogens with zero attached hydrogens (tertiary/aromatic N) is 1. The fourth-order valence-corrected chi connectivity index (χ4v) is 0.974. The van der Waals surface area contributed by atoms with Crippen LogP contribution in [0.4, 0.5) is 8.78 Å². The highest BCUT2D eigenvalue weighted by atomic mass is 19.1. The van der Waals surface area contributed by atoms with Crippen LogP contribution in [-0.4, -0.2) is 0 Å². The van der Waals surface area contributed by atoms with E-state index in [1.807, 2.05) is 0 Å². The fraction of sp³-hybridized carbons (Fsp3) is 0.222. The van der Waals surface area contributed by atoms with E-state index in [2.05, 4.69) is 4.85 Å². The topological polar surface area (TPSA) is 4.36 Å². The summed E-state index contributed by atoms with van der Waals surface area (Å²) in [7, 11) is 0. The molecule has 0 heterocycles. The molecule has 0 saturated heterocycles. The average molecular weight is 167 g/mol. The van der Waals surface area contributed by atoms with E-state index in [4.69, 9.17) is 6.57 Å². The first-order valence-electron chi connectivity index (χ1n) is 3.47. The highest BCUT2D eigenvalue weighted by molar-refractivity contribution is 5.24. The van der Waals surface area contributed by atoms with Gasteiger partial charge in [0, 0.05) is 6.92 Å². The lowest BCUT2D eigenvalue weighted by Gasteiger charge is -2.01. The minimum atomic E-state index is -0.758. The number of rotatable bonds is 1. The largest absolute Gasteiger partial charge is 0.309 e. The first kappa shape index (κ1) is 8.66. The third kappa shape index (κ3) is 1.42. The molecule has 1 nitrogen and oxygen atoms in total. The summed E-state index contributed by atoms with van der Waals surface area (Å²) < 4.78 is 25.8.